The maximum absolute atomic E-state index is 11.1. The largest absolute Gasteiger partial charge is 0.507 e. The lowest BCUT2D eigenvalue weighted by molar-refractivity contribution is 0.111. The van der Waals surface area contributed by atoms with Crippen molar-refractivity contribution in [3.63, 3.8) is 0 Å². The number of hydrogen-bond acceptors (Lipinski definition) is 5. The quantitative estimate of drug-likeness (QED) is 0.605. The lowest BCUT2D eigenvalue weighted by Gasteiger charge is -2.26. The van der Waals surface area contributed by atoms with E-state index in [1.54, 1.807) is 12.1 Å². The van der Waals surface area contributed by atoms with Gasteiger partial charge in [0, 0.05) is 12.1 Å². The van der Waals surface area contributed by atoms with E-state index in [4.69, 9.17) is 4.74 Å². The Labute approximate surface area is 144 Å². The molecular formula is C18H24N2O3Si. The van der Waals surface area contributed by atoms with Crippen LogP contribution in [0.3, 0.4) is 0 Å². The number of aromatic hydroxyl groups is 1. The van der Waals surface area contributed by atoms with Crippen molar-refractivity contribution in [1.29, 1.82) is 0 Å². The van der Waals surface area contributed by atoms with Crippen LogP contribution in [0, 0.1) is 0 Å². The average molecular weight is 344 g/mol. The van der Waals surface area contributed by atoms with Crippen LogP contribution in [0.25, 0.3) is 0 Å². The molecule has 0 unspecified atom stereocenters. The summed E-state index contributed by atoms with van der Waals surface area (Å²) < 4.78 is 8.42. The van der Waals surface area contributed by atoms with Crippen molar-refractivity contribution in [3.05, 3.63) is 47.3 Å². The number of phenols is 1. The molecule has 0 saturated carbocycles. The maximum atomic E-state index is 11.1. The zero-order valence-corrected chi connectivity index (χ0v) is 15.4. The smallest absolute Gasteiger partial charge is 0.157 e. The van der Waals surface area contributed by atoms with E-state index in [0.29, 0.717) is 30.7 Å². The molecule has 24 heavy (non-hydrogen) atoms. The number of benzene rings is 1. The van der Waals surface area contributed by atoms with Gasteiger partial charge in [-0.1, -0.05) is 18.2 Å². The first-order chi connectivity index (χ1) is 11.7. The van der Waals surface area contributed by atoms with Crippen molar-refractivity contribution in [2.24, 2.45) is 0 Å². The van der Waals surface area contributed by atoms with Crippen LogP contribution < -0.4 is 10.1 Å². The first kappa shape index (κ1) is 16.8. The molecule has 1 aromatic rings. The molecule has 0 aromatic heterocycles. The molecule has 2 aliphatic heterocycles. The van der Waals surface area contributed by atoms with E-state index in [0.717, 1.165) is 13.0 Å². The van der Waals surface area contributed by atoms with Crippen LogP contribution in [0.5, 0.6) is 11.5 Å². The molecule has 1 saturated heterocycles. The van der Waals surface area contributed by atoms with Crippen molar-refractivity contribution in [2.75, 3.05) is 13.2 Å². The van der Waals surface area contributed by atoms with Gasteiger partial charge >= 0.3 is 0 Å². The lowest BCUT2D eigenvalue weighted by Crippen LogP contribution is -2.38. The van der Waals surface area contributed by atoms with Gasteiger partial charge in [-0.3, -0.25) is 4.79 Å². The van der Waals surface area contributed by atoms with Gasteiger partial charge in [0.25, 0.3) is 0 Å². The van der Waals surface area contributed by atoms with Crippen molar-refractivity contribution >= 4 is 16.0 Å². The highest BCUT2D eigenvalue weighted by Crippen LogP contribution is 2.27. The third-order valence-corrected chi connectivity index (χ3v) is 6.65. The summed E-state index contributed by atoms with van der Waals surface area (Å²) in [6, 6.07) is 5.72. The molecule has 3 rings (SSSR count). The van der Waals surface area contributed by atoms with E-state index in [1.807, 2.05) is 0 Å². The molecule has 0 bridgehead atoms. The van der Waals surface area contributed by atoms with Gasteiger partial charge in [0.1, 0.15) is 27.8 Å². The lowest BCUT2D eigenvalue weighted by atomic mass is 10.2. The number of phenolic OH excluding ortho intramolecular Hbond substituents is 1. The highest BCUT2D eigenvalue weighted by Gasteiger charge is 2.26. The van der Waals surface area contributed by atoms with Crippen LogP contribution in [0.2, 0.25) is 0 Å². The Morgan fingerprint density at radius 2 is 2.38 bits per heavy atom. The van der Waals surface area contributed by atoms with Gasteiger partial charge < -0.3 is 19.7 Å². The molecule has 2 aliphatic rings. The Balaban J connectivity index is 1.60. The predicted octanol–water partition coefficient (Wildman–Crippen LogP) is 1.52. The van der Waals surface area contributed by atoms with E-state index in [2.05, 4.69) is 35.2 Å². The second kappa shape index (κ2) is 7.68. The second-order valence-corrected chi connectivity index (χ2v) is 8.36. The molecule has 0 amide bonds. The second-order valence-electron chi connectivity index (χ2n) is 6.42. The van der Waals surface area contributed by atoms with Crippen LogP contribution in [0.4, 0.5) is 0 Å². The average Bonchev–Trinajstić information content (AvgIpc) is 3.02. The summed E-state index contributed by atoms with van der Waals surface area (Å²) in [5, 5.41) is 14.5. The summed E-state index contributed by atoms with van der Waals surface area (Å²) in [6.45, 7) is 3.80. The molecular weight excluding hydrogens is 320 g/mol. The summed E-state index contributed by atoms with van der Waals surface area (Å²) in [5.41, 5.74) is 0.232. The minimum atomic E-state index is -0.505. The van der Waals surface area contributed by atoms with Crippen molar-refractivity contribution in [2.45, 2.75) is 31.8 Å². The number of nitrogens with zero attached hydrogens (tertiary/aromatic N) is 1. The van der Waals surface area contributed by atoms with Crippen molar-refractivity contribution < 1.29 is 14.6 Å². The van der Waals surface area contributed by atoms with Gasteiger partial charge in [-0.25, -0.2) is 0 Å². The van der Waals surface area contributed by atoms with E-state index >= 15 is 0 Å². The SMILES string of the molecule is C[C@@H]1C=CC([SiH2]N2CCC[C@H]2COc2cccc(O)c2C=O)=CN1. The van der Waals surface area contributed by atoms with E-state index in [1.165, 1.54) is 17.7 Å². The molecule has 5 nitrogen and oxygen atoms in total. The van der Waals surface area contributed by atoms with Gasteiger partial charge in [0.05, 0.1) is 5.56 Å². The highest BCUT2D eigenvalue weighted by molar-refractivity contribution is 6.43. The summed E-state index contributed by atoms with van der Waals surface area (Å²) >= 11 is 0. The summed E-state index contributed by atoms with van der Waals surface area (Å²) in [7, 11) is -0.505. The third kappa shape index (κ3) is 3.88. The Morgan fingerprint density at radius 1 is 1.50 bits per heavy atom. The number of carbonyl (C=O) groups is 1. The molecule has 0 spiro atoms. The van der Waals surface area contributed by atoms with E-state index in [-0.39, 0.29) is 11.3 Å². The number of hydrogen-bond donors (Lipinski definition) is 2. The van der Waals surface area contributed by atoms with E-state index in [9.17, 15) is 9.90 Å². The molecule has 1 aromatic carbocycles. The molecule has 2 atom stereocenters. The Hall–Kier alpha value is -2.05. The van der Waals surface area contributed by atoms with Crippen LogP contribution in [0.1, 0.15) is 30.1 Å². The summed E-state index contributed by atoms with van der Waals surface area (Å²) in [5.74, 6) is 0.434. The zero-order valence-electron chi connectivity index (χ0n) is 13.9. The minimum absolute atomic E-state index is 0.0298. The van der Waals surface area contributed by atoms with Crippen LogP contribution in [0.15, 0.2) is 41.7 Å². The standard InChI is InChI=1S/C18H24N2O3Si/c1-13-7-8-15(10-19-13)24-20-9-3-4-14(20)12-23-18-6-2-5-17(22)16(18)11-21/h2,5-8,10-11,13-14,19,22H,3-4,9,12,24H2,1H3/t13-,14+/m1/s1. The van der Waals surface area contributed by atoms with Crippen molar-refractivity contribution in [3.8, 4) is 11.5 Å². The number of rotatable bonds is 6. The topological polar surface area (TPSA) is 61.8 Å². The number of allylic oxidation sites excluding steroid dienone is 2. The number of aldehydes is 1. The van der Waals surface area contributed by atoms with Gasteiger partial charge in [0.15, 0.2) is 6.29 Å². The van der Waals surface area contributed by atoms with Gasteiger partial charge in [-0.2, -0.15) is 0 Å². The fourth-order valence-corrected chi connectivity index (χ4v) is 5.05. The summed E-state index contributed by atoms with van der Waals surface area (Å²) in [6.07, 6.45) is 9.53. The van der Waals surface area contributed by atoms with Crippen LogP contribution >= 0.6 is 0 Å². The first-order valence-corrected chi connectivity index (χ1v) is 9.78. The van der Waals surface area contributed by atoms with Gasteiger partial charge in [-0.15, -0.1) is 0 Å². The first-order valence-electron chi connectivity index (χ1n) is 8.44. The molecule has 0 radical (unpaired) electrons. The van der Waals surface area contributed by atoms with Crippen molar-refractivity contribution in [1.82, 2.24) is 9.88 Å². The highest BCUT2D eigenvalue weighted by atomic mass is 28.2. The fraction of sp³-hybridized carbons (Fsp3) is 0.389. The Kier molecular flexibility index (Phi) is 5.37. The fourth-order valence-electron chi connectivity index (χ4n) is 3.20. The van der Waals surface area contributed by atoms with Gasteiger partial charge in [0.2, 0.25) is 0 Å². The Bertz CT molecular complexity index is 660. The van der Waals surface area contributed by atoms with E-state index < -0.39 is 9.68 Å². The molecule has 2 heterocycles. The normalized spacial score (nSPS) is 24.1. The third-order valence-electron chi connectivity index (χ3n) is 4.61. The van der Waals surface area contributed by atoms with Crippen LogP contribution in [-0.4, -0.2) is 50.9 Å². The number of carbonyl (C=O) groups excluding carboxylic acids is 1. The molecule has 1 fully saturated rings. The molecule has 128 valence electrons. The monoisotopic (exact) mass is 344 g/mol. The summed E-state index contributed by atoms with van der Waals surface area (Å²) in [4.78, 5) is 11.1. The number of dihydropyridines is 1. The number of ether oxygens (including phenoxy) is 1. The van der Waals surface area contributed by atoms with Gasteiger partial charge in [-0.05, 0) is 49.8 Å². The molecule has 0 aliphatic carbocycles. The minimum Gasteiger partial charge on any atom is -0.507 e. The van der Waals surface area contributed by atoms with Crippen LogP contribution in [-0.2, 0) is 0 Å². The Morgan fingerprint density at radius 3 is 3.12 bits per heavy atom. The maximum Gasteiger partial charge on any atom is 0.157 e. The predicted molar refractivity (Wildman–Crippen MR) is 97.1 cm³/mol. The molecule has 6 heteroatoms. The number of nitrogens with one attached hydrogen (secondary N) is 1. The zero-order chi connectivity index (χ0) is 16.9. The molecule has 2 N–H and O–H groups in total.